The topological polar surface area (TPSA) is 330 Å². The first-order chi connectivity index (χ1) is 59.9. The van der Waals surface area contributed by atoms with Gasteiger partial charge in [-0.3, -0.25) is 44.0 Å². The third-order valence-corrected chi connectivity index (χ3v) is 22.0. The highest BCUT2D eigenvalue weighted by molar-refractivity contribution is 6.37. The number of halogens is 4. The fourth-order valence-corrected chi connectivity index (χ4v) is 16.1. The molecule has 0 aliphatic carbocycles. The van der Waals surface area contributed by atoms with Crippen molar-refractivity contribution in [1.82, 2.24) is 40.8 Å². The van der Waals surface area contributed by atoms with E-state index in [0.29, 0.717) is 27.5 Å². The van der Waals surface area contributed by atoms with Gasteiger partial charge in [0.2, 0.25) is 12.2 Å². The summed E-state index contributed by atoms with van der Waals surface area (Å²) in [5.41, 5.74) is -4.05. The third kappa shape index (κ3) is 16.0. The number of benzene rings is 9. The summed E-state index contributed by atoms with van der Waals surface area (Å²) < 4.78 is 55.3. The van der Waals surface area contributed by atoms with Crippen molar-refractivity contribution >= 4 is 114 Å². The molecule has 0 bridgehead atoms. The molecule has 8 heterocycles. The molecule has 0 spiro atoms. The fourth-order valence-electron chi connectivity index (χ4n) is 15.1. The Morgan fingerprint density at radius 1 is 0.407 bits per heavy atom. The Hall–Kier alpha value is -14.8. The Balaban J connectivity index is 1.02. The number of carbonyl (C=O) groups is 4. The number of nitrogens with zero attached hydrogens (tertiary/aromatic N) is 5. The van der Waals surface area contributed by atoms with E-state index in [1.54, 1.807) is 159 Å². The van der Waals surface area contributed by atoms with Gasteiger partial charge in [0.05, 0.1) is 44.9 Å². The summed E-state index contributed by atoms with van der Waals surface area (Å²) in [7, 11) is 0. The normalized spacial score (nSPS) is 13.7. The van der Waals surface area contributed by atoms with Crippen molar-refractivity contribution in [3.8, 4) is 57.3 Å². The molecular weight excluding hydrogens is 1650 g/mol. The van der Waals surface area contributed by atoms with Crippen LogP contribution in [0.15, 0.2) is 328 Å². The molecule has 0 aliphatic heterocycles. The number of hydrogen-bond acceptors (Lipinski definition) is 20. The number of carbonyl (C=O) groups excluding carboxylic acids is 4. The number of aromatic nitrogens is 4. The smallest absolute Gasteiger partial charge is 0.283 e. The van der Waals surface area contributed by atoms with Crippen molar-refractivity contribution in [2.24, 2.45) is 0 Å². The van der Waals surface area contributed by atoms with Crippen molar-refractivity contribution in [1.29, 1.82) is 0 Å². The van der Waals surface area contributed by atoms with Gasteiger partial charge in [0, 0.05) is 79.7 Å². The number of hydrogen-bond donors (Lipinski definition) is 7. The van der Waals surface area contributed by atoms with Gasteiger partial charge in [-0.15, -0.1) is 0 Å². The molecule has 17 rings (SSSR count). The van der Waals surface area contributed by atoms with Gasteiger partial charge in [0.1, 0.15) is 115 Å². The Labute approximate surface area is 720 Å². The minimum atomic E-state index is -3.78. The molecule has 0 radical (unpaired) electrons. The number of amides is 4. The van der Waals surface area contributed by atoms with Crippen LogP contribution in [-0.4, -0.2) is 92.9 Å². The number of phenols is 4. The molecule has 0 saturated heterocycles. The average Bonchev–Trinajstić information content (AvgIpc) is 0.922. The molecule has 123 heavy (non-hydrogen) atoms. The molecule has 28 heteroatoms. The second-order valence-corrected chi connectivity index (χ2v) is 30.1. The Morgan fingerprint density at radius 2 is 0.821 bits per heavy atom. The van der Waals surface area contributed by atoms with Crippen LogP contribution in [-0.2, 0) is 19.2 Å². The number of phenolic OH excluding ortho intramolecular Hbond substituents is 4. The molecule has 0 fully saturated rings. The van der Waals surface area contributed by atoms with E-state index >= 15 is 19.2 Å². The zero-order valence-electron chi connectivity index (χ0n) is 64.4. The summed E-state index contributed by atoms with van der Waals surface area (Å²) in [6.07, 6.45) is 1.24. The average molecular weight is 1720 g/mol. The minimum absolute atomic E-state index is 0.00277. The standard InChI is InChI=1S/C95H68Cl4N8O16/c1-53-37-38-74(118-53)78(66-50-70(98)62-34-19-44-102-81(62)86(66)110)105-91(113)89(120-57-26-11-4-12-27-57)95(123-59-30-15-6-16-31-59,88(119-56-24-9-3-10-25-56)90(112)104-76(55-41-47-116-52-55)64-48-68(96)60-32-17-42-100-79(60)84(64)108)94(115)107(83(75-40-39-72(122-75)54-22-7-2-8-23-54)67-51-71(99)63-35-20-45-103-82(63)87(67)111)93(121-58-28-13-5-14-29-58)92(114)106-77(73-36-21-46-117-73)65-49-69(97)61-33-18-43-101-80(61)85(65)109/h2-52,76-78,83,88-89,93,108-111H,1H3,(H,104,112)(H,105,113)(H,106,114). The van der Waals surface area contributed by atoms with Crippen LogP contribution in [0.3, 0.4) is 0 Å². The number of aryl methyl sites for hydroxylation is 1. The molecular formula is C95H68Cl4N8O16. The lowest BCUT2D eigenvalue weighted by molar-refractivity contribution is -0.189. The first-order valence-electron chi connectivity index (χ1n) is 38.3. The monoisotopic (exact) mass is 1720 g/mol. The summed E-state index contributed by atoms with van der Waals surface area (Å²) in [6.45, 7) is 1.64. The molecule has 0 aliphatic rings. The molecule has 9 aromatic carbocycles. The van der Waals surface area contributed by atoms with Crippen LogP contribution in [0, 0.1) is 6.92 Å². The van der Waals surface area contributed by atoms with Crippen LogP contribution in [0.5, 0.6) is 46.0 Å². The first kappa shape index (κ1) is 80.6. The highest BCUT2D eigenvalue weighted by atomic mass is 35.5. The van der Waals surface area contributed by atoms with E-state index < -0.39 is 94.8 Å². The number of para-hydroxylation sites is 4. The Bertz CT molecular complexity index is 6740. The van der Waals surface area contributed by atoms with Crippen molar-refractivity contribution in [2.45, 2.75) is 55.1 Å². The molecule has 8 atom stereocenters. The summed E-state index contributed by atoms with van der Waals surface area (Å²) in [5.74, 6) is -8.78. The SMILES string of the molecule is Cc1ccc(C(NC(=O)C(Oc2ccccc2)C(Oc2ccccc2)(C(=O)N(C(Oc2ccccc2)C(=O)NC(c2ccco2)c2cc(Cl)c3cccnc3c2O)C(c2ccc(-c3ccccc3)o2)c2cc(Cl)c3cccnc3c2O)C(Oc2ccccc2)C(=O)NC(c2ccoc2)c2cc(Cl)c3cccnc3c2O)c2cc(Cl)c3cccnc3c2O)o1. The second kappa shape index (κ2) is 34.9. The van der Waals surface area contributed by atoms with Gasteiger partial charge >= 0.3 is 0 Å². The summed E-state index contributed by atoms with van der Waals surface area (Å²) in [4.78, 5) is 92.9. The van der Waals surface area contributed by atoms with Gasteiger partial charge in [-0.1, -0.05) is 150 Å². The molecule has 7 N–H and O–H groups in total. The van der Waals surface area contributed by atoms with Crippen molar-refractivity contribution in [3.63, 3.8) is 0 Å². The van der Waals surface area contributed by atoms with Crippen LogP contribution in [0.25, 0.3) is 54.9 Å². The van der Waals surface area contributed by atoms with E-state index in [2.05, 4.69) is 35.9 Å². The minimum Gasteiger partial charge on any atom is -0.505 e. The van der Waals surface area contributed by atoms with E-state index in [0.717, 1.165) is 4.90 Å². The van der Waals surface area contributed by atoms with Crippen LogP contribution >= 0.6 is 46.4 Å². The maximum Gasteiger partial charge on any atom is 0.283 e. The van der Waals surface area contributed by atoms with Crippen molar-refractivity contribution < 1.29 is 76.2 Å². The number of furan rings is 4. The van der Waals surface area contributed by atoms with Gasteiger partial charge in [-0.25, -0.2) is 0 Å². The number of rotatable bonds is 28. The van der Waals surface area contributed by atoms with Gasteiger partial charge < -0.3 is 73.0 Å². The summed E-state index contributed by atoms with van der Waals surface area (Å²) in [6, 6.07) is 61.1. The van der Waals surface area contributed by atoms with E-state index in [1.165, 1.54) is 159 Å². The van der Waals surface area contributed by atoms with Gasteiger partial charge in [-0.05, 0) is 171 Å². The third-order valence-electron chi connectivity index (χ3n) is 20.8. The van der Waals surface area contributed by atoms with E-state index in [1.807, 2.05) is 0 Å². The largest absolute Gasteiger partial charge is 0.505 e. The fraction of sp³-hybridized carbons (Fsp3) is 0.0947. The number of ether oxygens (including phenoxy) is 4. The number of pyridine rings is 4. The maximum absolute atomic E-state index is 20.0. The summed E-state index contributed by atoms with van der Waals surface area (Å²) in [5, 5.41) is 62.3. The van der Waals surface area contributed by atoms with Crippen LogP contribution in [0.1, 0.15) is 75.0 Å². The van der Waals surface area contributed by atoms with Crippen molar-refractivity contribution in [2.75, 3.05) is 0 Å². The molecule has 8 aromatic heterocycles. The maximum atomic E-state index is 20.0. The molecule has 17 aromatic rings. The predicted molar refractivity (Wildman–Crippen MR) is 460 cm³/mol. The Morgan fingerprint density at radius 3 is 1.27 bits per heavy atom. The van der Waals surface area contributed by atoms with Gasteiger partial charge in [0.25, 0.3) is 35.5 Å². The number of fused-ring (bicyclic) bond motifs is 4. The van der Waals surface area contributed by atoms with Crippen LogP contribution in [0.4, 0.5) is 0 Å². The molecule has 0 saturated carbocycles. The quantitative estimate of drug-likeness (QED) is 0.0224. The van der Waals surface area contributed by atoms with Gasteiger partial charge in [0.15, 0.2) is 0 Å². The zero-order valence-corrected chi connectivity index (χ0v) is 67.4. The lowest BCUT2D eigenvalue weighted by atomic mass is 9.83. The molecule has 4 amide bonds. The Kier molecular flexibility index (Phi) is 22.8. The van der Waals surface area contributed by atoms with E-state index in [4.69, 9.17) is 83.0 Å². The highest BCUT2D eigenvalue weighted by Gasteiger charge is 2.68. The van der Waals surface area contributed by atoms with Crippen molar-refractivity contribution in [3.05, 3.63) is 381 Å². The van der Waals surface area contributed by atoms with Crippen LogP contribution < -0.4 is 34.9 Å². The first-order valence-corrected chi connectivity index (χ1v) is 39.8. The number of aromatic hydroxyl groups is 4. The van der Waals surface area contributed by atoms with E-state index in [9.17, 15) is 20.4 Å². The molecule has 8 unspecified atom stereocenters. The predicted octanol–water partition coefficient (Wildman–Crippen LogP) is 19.4. The zero-order chi connectivity index (χ0) is 85.0. The van der Waals surface area contributed by atoms with Crippen LogP contribution in [0.2, 0.25) is 20.1 Å². The van der Waals surface area contributed by atoms with E-state index in [-0.39, 0.29) is 121 Å². The lowest BCUT2D eigenvalue weighted by Crippen LogP contribution is -2.76. The number of nitrogens with one attached hydrogen (secondary N) is 3. The lowest BCUT2D eigenvalue weighted by Gasteiger charge is -2.47. The van der Waals surface area contributed by atoms with Gasteiger partial charge in [-0.2, -0.15) is 0 Å². The highest BCUT2D eigenvalue weighted by Crippen LogP contribution is 2.49. The second-order valence-electron chi connectivity index (χ2n) is 28.4. The molecule has 612 valence electrons. The summed E-state index contributed by atoms with van der Waals surface area (Å²) >= 11 is 29.1. The molecule has 24 nitrogen and oxygen atoms in total.